The number of hydrogen-bond donors (Lipinski definition) is 1. The van der Waals surface area contributed by atoms with E-state index in [2.05, 4.69) is 53.8 Å². The molecule has 0 bridgehead atoms. The number of rotatable bonds is 7. The summed E-state index contributed by atoms with van der Waals surface area (Å²) in [5.74, 6) is 0.587. The maximum absolute atomic E-state index is 13.0. The van der Waals surface area contributed by atoms with Crippen LogP contribution in [0.3, 0.4) is 0 Å². The first-order chi connectivity index (χ1) is 16.2. The second-order valence-electron chi connectivity index (χ2n) is 8.83. The summed E-state index contributed by atoms with van der Waals surface area (Å²) in [4.78, 5) is 27.5. The summed E-state index contributed by atoms with van der Waals surface area (Å²) in [7, 11) is 0. The largest absolute Gasteiger partial charge is 0.484 e. The van der Waals surface area contributed by atoms with Gasteiger partial charge in [-0.1, -0.05) is 78.9 Å². The van der Waals surface area contributed by atoms with Crippen molar-refractivity contribution in [3.8, 4) is 5.75 Å². The minimum Gasteiger partial charge on any atom is -0.484 e. The Morgan fingerprint density at radius 3 is 2.15 bits per heavy atom. The molecule has 2 heterocycles. The van der Waals surface area contributed by atoms with Crippen molar-refractivity contribution < 1.29 is 14.3 Å². The van der Waals surface area contributed by atoms with Crippen LogP contribution in [-0.4, -0.2) is 45.5 Å². The molecule has 6 heteroatoms. The molecule has 0 spiro atoms. The molecule has 3 aromatic carbocycles. The van der Waals surface area contributed by atoms with Crippen LogP contribution in [0.5, 0.6) is 5.75 Å². The molecular weight excluding hydrogens is 432 g/mol. The van der Waals surface area contributed by atoms with E-state index in [1.54, 1.807) is 12.1 Å². The Kier molecular flexibility index (Phi) is 4.91. The second kappa shape index (κ2) is 7.96. The highest BCUT2D eigenvalue weighted by Crippen LogP contribution is 2.70. The molecule has 3 fully saturated rings. The number of β-lactam (4-membered cyclic amide) rings is 1. The molecule has 2 aliphatic heterocycles. The lowest BCUT2D eigenvalue weighted by Gasteiger charge is -2.43. The maximum Gasteiger partial charge on any atom is 0.258 e. The van der Waals surface area contributed by atoms with Gasteiger partial charge in [0, 0.05) is 5.92 Å². The van der Waals surface area contributed by atoms with Crippen LogP contribution in [0, 0.1) is 0 Å². The van der Waals surface area contributed by atoms with Crippen molar-refractivity contribution in [1.82, 2.24) is 10.2 Å². The third kappa shape index (κ3) is 3.40. The normalized spacial score (nSPS) is 26.9. The van der Waals surface area contributed by atoms with Crippen LogP contribution in [0.15, 0.2) is 91.0 Å². The molecule has 3 aliphatic rings. The van der Waals surface area contributed by atoms with Crippen LogP contribution in [0.1, 0.15) is 23.5 Å². The number of nitrogens with one attached hydrogen (secondary N) is 1. The Morgan fingerprint density at radius 2 is 1.55 bits per heavy atom. The van der Waals surface area contributed by atoms with Crippen LogP contribution in [0.4, 0.5) is 0 Å². The van der Waals surface area contributed by atoms with Crippen molar-refractivity contribution in [2.45, 2.75) is 34.5 Å². The molecule has 166 valence electrons. The van der Waals surface area contributed by atoms with Gasteiger partial charge in [-0.3, -0.25) is 9.59 Å². The van der Waals surface area contributed by atoms with Crippen molar-refractivity contribution in [2.75, 3.05) is 6.61 Å². The number of thioether (sulfide) groups is 1. The summed E-state index contributed by atoms with van der Waals surface area (Å²) < 4.78 is 5.49. The van der Waals surface area contributed by atoms with Crippen molar-refractivity contribution in [3.63, 3.8) is 0 Å². The average Bonchev–Trinajstić information content (AvgIpc) is 3.48. The summed E-state index contributed by atoms with van der Waals surface area (Å²) in [6.07, 6.45) is 0.978. The molecule has 1 N–H and O–H groups in total. The summed E-state index contributed by atoms with van der Waals surface area (Å²) in [5, 5.41) is 2.89. The fourth-order valence-corrected chi connectivity index (χ4v) is 7.38. The van der Waals surface area contributed by atoms with E-state index in [1.807, 2.05) is 47.0 Å². The minimum absolute atomic E-state index is 0.0183. The quantitative estimate of drug-likeness (QED) is 0.550. The lowest BCUT2D eigenvalue weighted by Crippen LogP contribution is -2.68. The van der Waals surface area contributed by atoms with Crippen molar-refractivity contribution in [1.29, 1.82) is 0 Å². The van der Waals surface area contributed by atoms with Gasteiger partial charge in [-0.15, -0.1) is 11.8 Å². The van der Waals surface area contributed by atoms with Crippen molar-refractivity contribution in [2.24, 2.45) is 0 Å². The van der Waals surface area contributed by atoms with E-state index in [4.69, 9.17) is 4.74 Å². The number of benzene rings is 3. The van der Waals surface area contributed by atoms with Crippen LogP contribution in [-0.2, 0) is 9.59 Å². The molecule has 1 aliphatic carbocycles. The summed E-state index contributed by atoms with van der Waals surface area (Å²) in [6.45, 7) is -0.101. The zero-order valence-corrected chi connectivity index (χ0v) is 18.8. The smallest absolute Gasteiger partial charge is 0.258 e. The Balaban J connectivity index is 1.19. The molecule has 2 amide bonds. The molecular formula is C27H24N2O3S. The Morgan fingerprint density at radius 1 is 0.970 bits per heavy atom. The molecule has 3 unspecified atom stereocenters. The number of carbonyl (C=O) groups excluding carboxylic acids is 2. The zero-order chi connectivity index (χ0) is 22.4. The zero-order valence-electron chi connectivity index (χ0n) is 18.0. The van der Waals surface area contributed by atoms with Gasteiger partial charge in [0.05, 0.1) is 10.8 Å². The predicted molar refractivity (Wildman–Crippen MR) is 128 cm³/mol. The first kappa shape index (κ1) is 20.4. The van der Waals surface area contributed by atoms with Crippen LogP contribution in [0.2, 0.25) is 0 Å². The number of hydrogen-bond acceptors (Lipinski definition) is 4. The average molecular weight is 457 g/mol. The van der Waals surface area contributed by atoms with E-state index in [9.17, 15) is 9.59 Å². The Bertz CT molecular complexity index is 1130. The van der Waals surface area contributed by atoms with E-state index < -0.39 is 6.04 Å². The van der Waals surface area contributed by atoms with Crippen LogP contribution >= 0.6 is 11.8 Å². The highest BCUT2D eigenvalue weighted by Gasteiger charge is 2.75. The van der Waals surface area contributed by atoms with E-state index in [-0.39, 0.29) is 40.5 Å². The highest BCUT2D eigenvalue weighted by molar-refractivity contribution is 8.02. The first-order valence-electron chi connectivity index (χ1n) is 11.2. The number of ether oxygens (including phenoxy) is 1. The second-order valence-corrected chi connectivity index (χ2v) is 10.3. The van der Waals surface area contributed by atoms with Gasteiger partial charge < -0.3 is 15.0 Å². The molecule has 2 saturated heterocycles. The van der Waals surface area contributed by atoms with Gasteiger partial charge in [-0.25, -0.2) is 0 Å². The summed E-state index contributed by atoms with van der Waals surface area (Å²) in [6, 6.07) is 30.1. The van der Waals surface area contributed by atoms with Crippen molar-refractivity contribution >= 4 is 23.6 Å². The number of carbonyl (C=O) groups is 2. The standard InChI is InChI=1S/C27H24N2O3S/c30-22(17-32-20-14-8-3-9-15-20)28-24-25(31)29-21-16-27(21,33-26(24)29)23(18-10-4-1-5-11-18)19-12-6-2-7-13-19/h1-15,21,23-24,26H,16-17H2,(H,28,30)/t21?,24?,26-,27?/m1/s1. The SMILES string of the molecule is O=C(COc1ccccc1)NC1C(=O)N2C3CC3(C(c3ccccc3)c3ccccc3)S[C@H]12. The van der Waals surface area contributed by atoms with Gasteiger partial charge in [0.25, 0.3) is 5.91 Å². The highest BCUT2D eigenvalue weighted by atomic mass is 32.2. The van der Waals surface area contributed by atoms with Crippen LogP contribution < -0.4 is 10.1 Å². The number of fused-ring (bicyclic) bond motifs is 3. The number of amides is 2. The number of para-hydroxylation sites is 1. The maximum atomic E-state index is 13.0. The molecule has 5 nitrogen and oxygen atoms in total. The van der Waals surface area contributed by atoms with Gasteiger partial charge in [0.2, 0.25) is 5.91 Å². The molecule has 1 saturated carbocycles. The van der Waals surface area contributed by atoms with Gasteiger partial charge in [-0.2, -0.15) is 0 Å². The van der Waals surface area contributed by atoms with Crippen molar-refractivity contribution in [3.05, 3.63) is 102 Å². The summed E-state index contributed by atoms with van der Waals surface area (Å²) >= 11 is 1.85. The van der Waals surface area contributed by atoms with Gasteiger partial charge in [0.1, 0.15) is 17.2 Å². The van der Waals surface area contributed by atoms with Gasteiger partial charge >= 0.3 is 0 Å². The topological polar surface area (TPSA) is 58.6 Å². The predicted octanol–water partition coefficient (Wildman–Crippen LogP) is 3.81. The molecule has 33 heavy (non-hydrogen) atoms. The third-order valence-corrected chi connectivity index (χ3v) is 8.71. The van der Waals surface area contributed by atoms with E-state index in [0.717, 1.165) is 6.42 Å². The van der Waals surface area contributed by atoms with E-state index >= 15 is 0 Å². The first-order valence-corrected chi connectivity index (χ1v) is 12.1. The lowest BCUT2D eigenvalue weighted by molar-refractivity contribution is -0.149. The van der Waals surface area contributed by atoms with Gasteiger partial charge in [-0.05, 0) is 29.7 Å². The fourth-order valence-electron chi connectivity index (χ4n) is 5.31. The molecule has 0 radical (unpaired) electrons. The lowest BCUT2D eigenvalue weighted by atomic mass is 9.86. The molecule has 4 atom stereocenters. The molecule has 6 rings (SSSR count). The Hall–Kier alpha value is -3.25. The van der Waals surface area contributed by atoms with E-state index in [0.29, 0.717) is 5.75 Å². The third-order valence-electron chi connectivity index (χ3n) is 6.86. The molecule has 0 aromatic heterocycles. The fraction of sp³-hybridized carbons (Fsp3) is 0.259. The molecule has 3 aromatic rings. The Labute approximate surface area is 197 Å². The van der Waals surface area contributed by atoms with E-state index in [1.165, 1.54) is 11.1 Å². The minimum atomic E-state index is -0.487. The van der Waals surface area contributed by atoms with Crippen LogP contribution in [0.25, 0.3) is 0 Å². The summed E-state index contributed by atoms with van der Waals surface area (Å²) in [5.41, 5.74) is 2.54. The van der Waals surface area contributed by atoms with Gasteiger partial charge in [0.15, 0.2) is 6.61 Å². The number of nitrogens with zero attached hydrogens (tertiary/aromatic N) is 1. The monoisotopic (exact) mass is 456 g/mol.